The highest BCUT2D eigenvalue weighted by Gasteiger charge is 2.08. The van der Waals surface area contributed by atoms with E-state index in [1.54, 1.807) is 24.3 Å². The smallest absolute Gasteiger partial charge is 0.344 e. The molecule has 0 aliphatic rings. The number of nitro benzene ring substituents is 1. The fourth-order valence-electron chi connectivity index (χ4n) is 1.62. The Hall–Kier alpha value is -2.60. The molecule has 0 N–H and O–H groups in total. The van der Waals surface area contributed by atoms with Gasteiger partial charge in [0.2, 0.25) is 0 Å². The molecule has 2 aromatic carbocycles. The van der Waals surface area contributed by atoms with Crippen LogP contribution in [0.25, 0.3) is 0 Å². The summed E-state index contributed by atoms with van der Waals surface area (Å²) in [6, 6.07) is 12.5. The molecule has 6 nitrogen and oxygen atoms in total. The number of ether oxygens (including phenoxy) is 2. The molecule has 0 amide bonds. The minimum Gasteiger partial charge on any atom is -0.480 e. The van der Waals surface area contributed by atoms with Crippen molar-refractivity contribution in [1.82, 2.24) is 0 Å². The van der Waals surface area contributed by atoms with Gasteiger partial charge in [0.25, 0.3) is 5.69 Å². The first-order chi connectivity index (χ1) is 10.6. The van der Waals surface area contributed by atoms with Crippen molar-refractivity contribution in [3.05, 3.63) is 69.2 Å². The largest absolute Gasteiger partial charge is 0.480 e. The van der Waals surface area contributed by atoms with Gasteiger partial charge in [-0.3, -0.25) is 10.1 Å². The highest BCUT2D eigenvalue weighted by molar-refractivity contribution is 6.32. The van der Waals surface area contributed by atoms with Crippen LogP contribution in [0.3, 0.4) is 0 Å². The van der Waals surface area contributed by atoms with Crippen molar-refractivity contribution in [3.8, 4) is 5.75 Å². The van der Waals surface area contributed by atoms with E-state index in [9.17, 15) is 14.9 Å². The Balaban J connectivity index is 1.80. The van der Waals surface area contributed by atoms with Crippen molar-refractivity contribution in [2.24, 2.45) is 0 Å². The zero-order chi connectivity index (χ0) is 15.9. The normalized spacial score (nSPS) is 10.0. The van der Waals surface area contributed by atoms with Gasteiger partial charge in [-0.05, 0) is 29.8 Å². The number of carbonyl (C=O) groups is 1. The van der Waals surface area contributed by atoms with Crippen molar-refractivity contribution < 1.29 is 19.2 Å². The maximum atomic E-state index is 11.6. The molecule has 0 unspecified atom stereocenters. The quantitative estimate of drug-likeness (QED) is 0.463. The second kappa shape index (κ2) is 7.42. The van der Waals surface area contributed by atoms with Crippen molar-refractivity contribution in [2.75, 3.05) is 6.61 Å². The number of hydrogen-bond acceptors (Lipinski definition) is 5. The monoisotopic (exact) mass is 321 g/mol. The molecule has 0 bridgehead atoms. The Morgan fingerprint density at radius 2 is 1.82 bits per heavy atom. The number of benzene rings is 2. The van der Waals surface area contributed by atoms with Gasteiger partial charge in [-0.2, -0.15) is 0 Å². The number of rotatable bonds is 6. The van der Waals surface area contributed by atoms with Crippen LogP contribution in [0.2, 0.25) is 5.02 Å². The van der Waals surface area contributed by atoms with E-state index in [0.29, 0.717) is 16.3 Å². The Labute approximate surface area is 131 Å². The number of para-hydroxylation sites is 1. The van der Waals surface area contributed by atoms with E-state index in [4.69, 9.17) is 21.1 Å². The molecule has 0 fully saturated rings. The summed E-state index contributed by atoms with van der Waals surface area (Å²) in [4.78, 5) is 21.6. The summed E-state index contributed by atoms with van der Waals surface area (Å²) in [5.41, 5.74) is 0.633. The van der Waals surface area contributed by atoms with Gasteiger partial charge < -0.3 is 9.47 Å². The average Bonchev–Trinajstić information content (AvgIpc) is 2.52. The summed E-state index contributed by atoms with van der Waals surface area (Å²) in [6.45, 7) is -0.251. The fraction of sp³-hybridized carbons (Fsp3) is 0.133. The number of hydrogen-bond donors (Lipinski definition) is 0. The summed E-state index contributed by atoms with van der Waals surface area (Å²) < 4.78 is 10.3. The van der Waals surface area contributed by atoms with E-state index in [1.807, 2.05) is 0 Å². The van der Waals surface area contributed by atoms with Gasteiger partial charge in [-0.1, -0.05) is 23.7 Å². The molecule has 2 aromatic rings. The molecule has 2 rings (SSSR count). The van der Waals surface area contributed by atoms with Gasteiger partial charge in [0.1, 0.15) is 12.4 Å². The van der Waals surface area contributed by atoms with Crippen LogP contribution in [0.15, 0.2) is 48.5 Å². The van der Waals surface area contributed by atoms with Gasteiger partial charge in [-0.25, -0.2) is 4.79 Å². The lowest BCUT2D eigenvalue weighted by molar-refractivity contribution is -0.384. The SMILES string of the molecule is O=C(COc1ccccc1Cl)OCc1ccc([N+](=O)[O-])cc1. The Bertz CT molecular complexity index is 672. The van der Waals surface area contributed by atoms with E-state index in [1.165, 1.54) is 24.3 Å². The predicted octanol–water partition coefficient (Wildman–Crippen LogP) is 3.37. The van der Waals surface area contributed by atoms with Crippen LogP contribution in [0.1, 0.15) is 5.56 Å². The molecule has 7 heteroatoms. The summed E-state index contributed by atoms with van der Waals surface area (Å²) in [5.74, 6) is -0.158. The maximum absolute atomic E-state index is 11.6. The third-order valence-electron chi connectivity index (χ3n) is 2.73. The van der Waals surface area contributed by atoms with Crippen LogP contribution in [-0.2, 0) is 16.1 Å². The van der Waals surface area contributed by atoms with Crippen molar-refractivity contribution >= 4 is 23.3 Å². The standard InChI is InChI=1S/C15H12ClNO5/c16-13-3-1-2-4-14(13)21-10-15(18)22-9-11-5-7-12(8-6-11)17(19)20/h1-8H,9-10H2. The predicted molar refractivity (Wildman–Crippen MR) is 79.8 cm³/mol. The summed E-state index contributed by atoms with van der Waals surface area (Å²) in [5, 5.41) is 10.9. The Morgan fingerprint density at radius 3 is 2.45 bits per heavy atom. The second-order valence-electron chi connectivity index (χ2n) is 4.30. The van der Waals surface area contributed by atoms with Gasteiger partial charge in [0.05, 0.1) is 9.95 Å². The van der Waals surface area contributed by atoms with Crippen molar-refractivity contribution in [3.63, 3.8) is 0 Å². The summed E-state index contributed by atoms with van der Waals surface area (Å²) in [6.07, 6.45) is 0. The van der Waals surface area contributed by atoms with Gasteiger partial charge in [0.15, 0.2) is 6.61 Å². The zero-order valence-electron chi connectivity index (χ0n) is 11.4. The molecule has 0 saturated heterocycles. The van der Waals surface area contributed by atoms with Crippen LogP contribution < -0.4 is 4.74 Å². The van der Waals surface area contributed by atoms with Crippen molar-refractivity contribution in [2.45, 2.75) is 6.61 Å². The Morgan fingerprint density at radius 1 is 1.14 bits per heavy atom. The number of carbonyl (C=O) groups excluding carboxylic acids is 1. The molecule has 0 aliphatic carbocycles. The van der Waals surface area contributed by atoms with Crippen LogP contribution in [0.4, 0.5) is 5.69 Å². The fourth-order valence-corrected chi connectivity index (χ4v) is 1.81. The molecule has 0 atom stereocenters. The highest BCUT2D eigenvalue weighted by Crippen LogP contribution is 2.22. The molecule has 22 heavy (non-hydrogen) atoms. The molecule has 0 aromatic heterocycles. The van der Waals surface area contributed by atoms with E-state index in [2.05, 4.69) is 0 Å². The first-order valence-corrected chi connectivity index (χ1v) is 6.70. The second-order valence-corrected chi connectivity index (χ2v) is 4.71. The third kappa shape index (κ3) is 4.46. The molecule has 0 spiro atoms. The van der Waals surface area contributed by atoms with Gasteiger partial charge in [-0.15, -0.1) is 0 Å². The van der Waals surface area contributed by atoms with E-state index < -0.39 is 10.9 Å². The number of non-ortho nitro benzene ring substituents is 1. The van der Waals surface area contributed by atoms with Crippen molar-refractivity contribution in [1.29, 1.82) is 0 Å². The average molecular weight is 322 g/mol. The minimum absolute atomic E-state index is 0.0165. The maximum Gasteiger partial charge on any atom is 0.344 e. The highest BCUT2D eigenvalue weighted by atomic mass is 35.5. The van der Waals surface area contributed by atoms with Gasteiger partial charge in [0, 0.05) is 12.1 Å². The van der Waals surface area contributed by atoms with Crippen LogP contribution in [0, 0.1) is 10.1 Å². The first kappa shape index (κ1) is 15.8. The minimum atomic E-state index is -0.557. The third-order valence-corrected chi connectivity index (χ3v) is 3.04. The lowest BCUT2D eigenvalue weighted by atomic mass is 10.2. The Kier molecular flexibility index (Phi) is 5.32. The number of esters is 1. The zero-order valence-corrected chi connectivity index (χ0v) is 12.2. The summed E-state index contributed by atoms with van der Waals surface area (Å²) >= 11 is 5.89. The van der Waals surface area contributed by atoms with E-state index >= 15 is 0 Å². The van der Waals surface area contributed by atoms with E-state index in [0.717, 1.165) is 0 Å². The van der Waals surface area contributed by atoms with E-state index in [-0.39, 0.29) is 18.9 Å². The van der Waals surface area contributed by atoms with Crippen LogP contribution in [-0.4, -0.2) is 17.5 Å². The molecular weight excluding hydrogens is 310 g/mol. The topological polar surface area (TPSA) is 78.7 Å². The molecule has 0 radical (unpaired) electrons. The molecule has 0 aliphatic heterocycles. The molecular formula is C15H12ClNO5. The lowest BCUT2D eigenvalue weighted by Gasteiger charge is -2.08. The summed E-state index contributed by atoms with van der Waals surface area (Å²) in [7, 11) is 0. The number of halogens is 1. The number of nitro groups is 1. The van der Waals surface area contributed by atoms with Gasteiger partial charge >= 0.3 is 5.97 Å². The first-order valence-electron chi connectivity index (χ1n) is 6.32. The molecule has 114 valence electrons. The number of nitrogens with zero attached hydrogens (tertiary/aromatic N) is 1. The molecule has 0 saturated carbocycles. The molecule has 0 heterocycles. The van der Waals surface area contributed by atoms with Crippen LogP contribution >= 0.6 is 11.6 Å². The lowest BCUT2D eigenvalue weighted by Crippen LogP contribution is -2.14. The van der Waals surface area contributed by atoms with Crippen LogP contribution in [0.5, 0.6) is 5.75 Å².